The van der Waals surface area contributed by atoms with Gasteiger partial charge in [0.1, 0.15) is 11.3 Å². The number of ether oxygens (including phenoxy) is 2. The summed E-state index contributed by atoms with van der Waals surface area (Å²) in [5.74, 6) is -0.405. The molecule has 5 nitrogen and oxygen atoms in total. The summed E-state index contributed by atoms with van der Waals surface area (Å²) in [6.45, 7) is 6.33. The van der Waals surface area contributed by atoms with Crippen LogP contribution in [-0.4, -0.2) is 28.1 Å². The summed E-state index contributed by atoms with van der Waals surface area (Å²) in [6, 6.07) is 3.79. The molecule has 1 rings (SSSR count). The van der Waals surface area contributed by atoms with Gasteiger partial charge in [0.05, 0.1) is 18.6 Å². The third-order valence-electron chi connectivity index (χ3n) is 2.76. The van der Waals surface area contributed by atoms with Crippen LogP contribution in [0.1, 0.15) is 37.6 Å². The van der Waals surface area contributed by atoms with Crippen LogP contribution in [0.2, 0.25) is 0 Å². The summed E-state index contributed by atoms with van der Waals surface area (Å²) in [4.78, 5) is 11.9. The van der Waals surface area contributed by atoms with Crippen LogP contribution in [0.3, 0.4) is 0 Å². The summed E-state index contributed by atoms with van der Waals surface area (Å²) >= 11 is 0. The minimum absolute atomic E-state index is 0.0334. The number of methoxy groups -OCH3 is 1. The maximum Gasteiger partial charge on any atom is 0.341 e. The first-order valence-electron chi connectivity index (χ1n) is 6.34. The molecule has 0 saturated heterocycles. The molecule has 21 heavy (non-hydrogen) atoms. The van der Waals surface area contributed by atoms with Gasteiger partial charge < -0.3 is 9.47 Å². The number of rotatable bonds is 5. The Morgan fingerprint density at radius 1 is 1.29 bits per heavy atom. The van der Waals surface area contributed by atoms with Crippen LogP contribution >= 0.6 is 10.7 Å². The van der Waals surface area contributed by atoms with E-state index in [9.17, 15) is 13.2 Å². The molecule has 0 aromatic heterocycles. The Labute approximate surface area is 129 Å². The summed E-state index contributed by atoms with van der Waals surface area (Å²) < 4.78 is 32.9. The first-order valence-corrected chi connectivity index (χ1v) is 8.65. The van der Waals surface area contributed by atoms with E-state index in [-0.39, 0.29) is 28.2 Å². The molecule has 0 aliphatic carbocycles. The second-order valence-electron chi connectivity index (χ2n) is 5.75. The number of hydrogen-bond acceptors (Lipinski definition) is 5. The van der Waals surface area contributed by atoms with Crippen LogP contribution in [0.4, 0.5) is 0 Å². The predicted molar refractivity (Wildman–Crippen MR) is 80.4 cm³/mol. The van der Waals surface area contributed by atoms with Gasteiger partial charge in [0.2, 0.25) is 0 Å². The number of halogens is 1. The molecule has 0 aliphatic heterocycles. The van der Waals surface area contributed by atoms with Crippen molar-refractivity contribution in [3.8, 4) is 5.75 Å². The summed E-state index contributed by atoms with van der Waals surface area (Å²) in [5, 5.41) is 0. The van der Waals surface area contributed by atoms with Crippen molar-refractivity contribution in [2.45, 2.75) is 32.1 Å². The van der Waals surface area contributed by atoms with E-state index in [0.717, 1.165) is 6.07 Å². The first kappa shape index (κ1) is 17.8. The van der Waals surface area contributed by atoms with Crippen molar-refractivity contribution in [2.75, 3.05) is 13.7 Å². The lowest BCUT2D eigenvalue weighted by Crippen LogP contribution is -2.14. The predicted octanol–water partition coefficient (Wildman–Crippen LogP) is 3.22. The average molecular weight is 335 g/mol. The maximum atomic E-state index is 12.0. The molecule has 0 amide bonds. The molecule has 0 radical (unpaired) electrons. The normalized spacial score (nSPS) is 12.0. The van der Waals surface area contributed by atoms with Crippen molar-refractivity contribution in [1.82, 2.24) is 0 Å². The quantitative estimate of drug-likeness (QED) is 0.611. The third kappa shape index (κ3) is 5.55. The molecular formula is C14H19ClO5S. The number of carbonyl (C=O) groups is 1. The molecule has 0 bridgehead atoms. The van der Waals surface area contributed by atoms with Crippen molar-refractivity contribution in [3.05, 3.63) is 23.8 Å². The summed E-state index contributed by atoms with van der Waals surface area (Å²) in [5.41, 5.74) is 0.0687. The van der Waals surface area contributed by atoms with E-state index < -0.39 is 15.0 Å². The maximum absolute atomic E-state index is 12.0. The van der Waals surface area contributed by atoms with Crippen LogP contribution in [0.15, 0.2) is 23.1 Å². The van der Waals surface area contributed by atoms with Crippen LogP contribution in [0, 0.1) is 5.41 Å². The first-order chi connectivity index (χ1) is 9.54. The molecule has 7 heteroatoms. The summed E-state index contributed by atoms with van der Waals surface area (Å²) in [7, 11) is 2.74. The smallest absolute Gasteiger partial charge is 0.341 e. The van der Waals surface area contributed by atoms with Gasteiger partial charge >= 0.3 is 5.97 Å². The van der Waals surface area contributed by atoms with E-state index >= 15 is 0 Å². The summed E-state index contributed by atoms with van der Waals surface area (Å²) in [6.07, 6.45) is 0.689. The van der Waals surface area contributed by atoms with E-state index in [2.05, 4.69) is 0 Å². The number of esters is 1. The van der Waals surface area contributed by atoms with Gasteiger partial charge in [-0.1, -0.05) is 20.8 Å². The minimum Gasteiger partial charge on any atom is -0.496 e. The number of carbonyl (C=O) groups excluding carboxylic acids is 1. The SMILES string of the molecule is COc1ccc(S(=O)(=O)Cl)cc1C(=O)OCCC(C)(C)C. The van der Waals surface area contributed by atoms with Crippen LogP contribution < -0.4 is 4.74 Å². The van der Waals surface area contributed by atoms with E-state index in [4.69, 9.17) is 20.2 Å². The molecule has 0 N–H and O–H groups in total. The van der Waals surface area contributed by atoms with Gasteiger partial charge in [0, 0.05) is 10.7 Å². The van der Waals surface area contributed by atoms with E-state index in [1.54, 1.807) is 0 Å². The van der Waals surface area contributed by atoms with E-state index in [1.807, 2.05) is 20.8 Å². The lowest BCUT2D eigenvalue weighted by Gasteiger charge is -2.17. The molecule has 0 heterocycles. The van der Waals surface area contributed by atoms with Crippen LogP contribution in [0.25, 0.3) is 0 Å². The highest BCUT2D eigenvalue weighted by Gasteiger charge is 2.20. The molecular weight excluding hydrogens is 316 g/mol. The Kier molecular flexibility index (Phi) is 5.64. The molecule has 0 unspecified atom stereocenters. The fraction of sp³-hybridized carbons (Fsp3) is 0.500. The number of hydrogen-bond donors (Lipinski definition) is 0. The van der Waals surface area contributed by atoms with Gasteiger partial charge in [-0.2, -0.15) is 0 Å². The molecule has 0 aliphatic rings. The molecule has 0 fully saturated rings. The molecule has 0 spiro atoms. The molecule has 0 saturated carbocycles. The zero-order valence-electron chi connectivity index (χ0n) is 12.5. The molecule has 1 aromatic carbocycles. The van der Waals surface area contributed by atoms with Gasteiger partial charge in [0.15, 0.2) is 0 Å². The average Bonchev–Trinajstić information content (AvgIpc) is 2.35. The second-order valence-corrected chi connectivity index (χ2v) is 8.31. The van der Waals surface area contributed by atoms with Crippen molar-refractivity contribution in [3.63, 3.8) is 0 Å². The highest BCUT2D eigenvalue weighted by atomic mass is 35.7. The molecule has 0 atom stereocenters. The zero-order chi connectivity index (χ0) is 16.3. The lowest BCUT2D eigenvalue weighted by molar-refractivity contribution is 0.0461. The largest absolute Gasteiger partial charge is 0.496 e. The van der Waals surface area contributed by atoms with Crippen molar-refractivity contribution in [1.29, 1.82) is 0 Å². The van der Waals surface area contributed by atoms with Crippen molar-refractivity contribution >= 4 is 25.7 Å². The lowest BCUT2D eigenvalue weighted by atomic mass is 9.93. The standard InChI is InChI=1S/C14H19ClO5S/c1-14(2,3)7-8-20-13(16)11-9-10(21(15,17)18)5-6-12(11)19-4/h5-6,9H,7-8H2,1-4H3. The topological polar surface area (TPSA) is 69.7 Å². The fourth-order valence-electron chi connectivity index (χ4n) is 1.53. The zero-order valence-corrected chi connectivity index (χ0v) is 14.0. The van der Waals surface area contributed by atoms with Crippen molar-refractivity contribution < 1.29 is 22.7 Å². The van der Waals surface area contributed by atoms with Gasteiger partial charge in [-0.15, -0.1) is 0 Å². The molecule has 1 aromatic rings. The van der Waals surface area contributed by atoms with Gasteiger partial charge in [0.25, 0.3) is 9.05 Å². The van der Waals surface area contributed by atoms with Gasteiger partial charge in [-0.05, 0) is 30.0 Å². The number of benzene rings is 1. The van der Waals surface area contributed by atoms with E-state index in [1.165, 1.54) is 19.2 Å². The Bertz CT molecular complexity index is 617. The van der Waals surface area contributed by atoms with Crippen LogP contribution in [0.5, 0.6) is 5.75 Å². The second kappa shape index (κ2) is 6.66. The highest BCUT2D eigenvalue weighted by Crippen LogP contribution is 2.26. The third-order valence-corrected chi connectivity index (χ3v) is 4.11. The highest BCUT2D eigenvalue weighted by molar-refractivity contribution is 8.13. The van der Waals surface area contributed by atoms with Gasteiger partial charge in [-0.25, -0.2) is 13.2 Å². The minimum atomic E-state index is -3.92. The van der Waals surface area contributed by atoms with Gasteiger partial charge in [-0.3, -0.25) is 0 Å². The van der Waals surface area contributed by atoms with Crippen LogP contribution in [-0.2, 0) is 13.8 Å². The Hall–Kier alpha value is -1.27. The Balaban J connectivity index is 2.96. The van der Waals surface area contributed by atoms with E-state index in [0.29, 0.717) is 6.42 Å². The Morgan fingerprint density at radius 3 is 2.38 bits per heavy atom. The fourth-order valence-corrected chi connectivity index (χ4v) is 2.30. The van der Waals surface area contributed by atoms with Crippen molar-refractivity contribution in [2.24, 2.45) is 5.41 Å². The molecule has 118 valence electrons. The monoisotopic (exact) mass is 334 g/mol. The Morgan fingerprint density at radius 2 is 1.90 bits per heavy atom.